The second-order valence-corrected chi connectivity index (χ2v) is 11.2. The molecule has 2 atom stereocenters. The molecule has 4 rings (SSSR count). The van der Waals surface area contributed by atoms with Gasteiger partial charge in [0.25, 0.3) is 5.91 Å². The molecule has 0 bridgehead atoms. The molecule has 0 aromatic heterocycles. The number of benzene rings is 2. The number of hydrogen-bond acceptors (Lipinski definition) is 5. The number of rotatable bonds is 8. The zero-order valence-corrected chi connectivity index (χ0v) is 24.5. The Balaban J connectivity index is 1.43. The maximum absolute atomic E-state index is 15.1. The third-order valence-electron chi connectivity index (χ3n) is 7.82. The monoisotopic (exact) mass is 629 g/mol. The Labute approximate surface area is 251 Å². The van der Waals surface area contributed by atoms with Gasteiger partial charge in [-0.25, -0.2) is 8.78 Å². The van der Waals surface area contributed by atoms with E-state index >= 15 is 4.39 Å². The van der Waals surface area contributed by atoms with Crippen molar-refractivity contribution in [3.05, 3.63) is 58.1 Å². The molecule has 8 nitrogen and oxygen atoms in total. The van der Waals surface area contributed by atoms with E-state index < -0.39 is 47.7 Å². The summed E-state index contributed by atoms with van der Waals surface area (Å²) in [5.74, 6) is -4.32. The van der Waals surface area contributed by atoms with Crippen molar-refractivity contribution in [2.75, 3.05) is 42.9 Å². The molecule has 234 valence electrons. The van der Waals surface area contributed by atoms with E-state index in [-0.39, 0.29) is 36.3 Å². The molecule has 0 saturated carbocycles. The molecule has 0 aliphatic carbocycles. The maximum Gasteiger partial charge on any atom is 0.390 e. The summed E-state index contributed by atoms with van der Waals surface area (Å²) in [7, 11) is 0. The second-order valence-electron chi connectivity index (χ2n) is 10.8. The Morgan fingerprint density at radius 1 is 1.05 bits per heavy atom. The summed E-state index contributed by atoms with van der Waals surface area (Å²) in [6, 6.07) is 6.05. The first-order chi connectivity index (χ1) is 20.2. The van der Waals surface area contributed by atoms with Gasteiger partial charge in [-0.1, -0.05) is 17.7 Å². The predicted molar refractivity (Wildman–Crippen MR) is 152 cm³/mol. The highest BCUT2D eigenvalue weighted by Gasteiger charge is 2.33. The summed E-state index contributed by atoms with van der Waals surface area (Å²) in [5.41, 5.74) is 0.0414. The van der Waals surface area contributed by atoms with Gasteiger partial charge in [0.05, 0.1) is 23.4 Å². The topological polar surface area (TPSA) is 85.0 Å². The van der Waals surface area contributed by atoms with E-state index in [1.807, 2.05) is 4.90 Å². The quantitative estimate of drug-likeness (QED) is 0.404. The zero-order chi connectivity index (χ0) is 31.5. The number of amides is 3. The van der Waals surface area contributed by atoms with Gasteiger partial charge in [0.1, 0.15) is 6.04 Å². The largest absolute Gasteiger partial charge is 0.390 e. The number of halogens is 6. The van der Waals surface area contributed by atoms with Crippen molar-refractivity contribution in [1.29, 1.82) is 0 Å². The first-order valence-electron chi connectivity index (χ1n) is 13.9. The number of carbonyl (C=O) groups is 3. The van der Waals surface area contributed by atoms with Crippen LogP contribution in [-0.2, 0) is 16.1 Å². The molecule has 14 heteroatoms. The maximum atomic E-state index is 15.1. The van der Waals surface area contributed by atoms with E-state index in [1.165, 1.54) is 30.0 Å². The minimum atomic E-state index is -4.25. The minimum absolute atomic E-state index is 0.125. The number of piperazine rings is 1. The summed E-state index contributed by atoms with van der Waals surface area (Å²) in [5, 5.41) is 5.49. The number of nitrogens with zero attached hydrogens (tertiary/aromatic N) is 3. The van der Waals surface area contributed by atoms with Crippen LogP contribution in [0.25, 0.3) is 0 Å². The first kappa shape index (κ1) is 32.5. The van der Waals surface area contributed by atoms with Crippen LogP contribution < -0.4 is 15.5 Å². The lowest BCUT2D eigenvalue weighted by atomic mass is 10.1. The van der Waals surface area contributed by atoms with Gasteiger partial charge in [0.2, 0.25) is 11.8 Å². The van der Waals surface area contributed by atoms with E-state index in [0.717, 1.165) is 6.07 Å². The summed E-state index contributed by atoms with van der Waals surface area (Å²) in [6.45, 7) is 4.23. The van der Waals surface area contributed by atoms with Gasteiger partial charge in [-0.15, -0.1) is 0 Å². The van der Waals surface area contributed by atoms with Gasteiger partial charge in [0.15, 0.2) is 11.6 Å². The fourth-order valence-corrected chi connectivity index (χ4v) is 5.66. The number of carbonyl (C=O) groups excluding carboxylic acids is 3. The Morgan fingerprint density at radius 3 is 2.47 bits per heavy atom. The zero-order valence-electron chi connectivity index (χ0n) is 23.7. The van der Waals surface area contributed by atoms with Crippen molar-refractivity contribution >= 4 is 40.7 Å². The number of nitrogens with one attached hydrogen (secondary N) is 2. The van der Waals surface area contributed by atoms with Crippen LogP contribution in [-0.4, -0.2) is 78.5 Å². The van der Waals surface area contributed by atoms with Gasteiger partial charge < -0.3 is 20.4 Å². The lowest BCUT2D eigenvalue weighted by Gasteiger charge is -2.41. The van der Waals surface area contributed by atoms with Crippen LogP contribution >= 0.6 is 11.6 Å². The Bertz CT molecular complexity index is 1370. The summed E-state index contributed by atoms with van der Waals surface area (Å²) < 4.78 is 68.1. The van der Waals surface area contributed by atoms with Crippen molar-refractivity contribution in [3.8, 4) is 0 Å². The van der Waals surface area contributed by atoms with Gasteiger partial charge in [-0.05, 0) is 44.0 Å². The smallest absolute Gasteiger partial charge is 0.367 e. The lowest BCUT2D eigenvalue weighted by Crippen LogP contribution is -2.52. The van der Waals surface area contributed by atoms with Crippen LogP contribution in [0.1, 0.15) is 49.0 Å². The van der Waals surface area contributed by atoms with Crippen molar-refractivity contribution in [2.45, 2.75) is 57.9 Å². The fourth-order valence-electron chi connectivity index (χ4n) is 5.50. The van der Waals surface area contributed by atoms with Crippen LogP contribution in [0.3, 0.4) is 0 Å². The Morgan fingerprint density at radius 2 is 1.79 bits per heavy atom. The van der Waals surface area contributed by atoms with Crippen LogP contribution in [0, 0.1) is 11.6 Å². The first-order valence-corrected chi connectivity index (χ1v) is 14.3. The van der Waals surface area contributed by atoms with Crippen LogP contribution in [0.5, 0.6) is 0 Å². The van der Waals surface area contributed by atoms with Gasteiger partial charge in [-0.2, -0.15) is 13.2 Å². The molecule has 2 aromatic rings. The molecule has 2 aromatic carbocycles. The van der Waals surface area contributed by atoms with Crippen LogP contribution in [0.4, 0.5) is 33.3 Å². The Kier molecular flexibility index (Phi) is 10.2. The average Bonchev–Trinajstić information content (AvgIpc) is 3.44. The van der Waals surface area contributed by atoms with E-state index in [0.29, 0.717) is 49.7 Å². The number of likely N-dealkylation sites (tertiary alicyclic amines) is 1. The van der Waals surface area contributed by atoms with Gasteiger partial charge >= 0.3 is 6.18 Å². The summed E-state index contributed by atoms with van der Waals surface area (Å²) in [4.78, 5) is 42.4. The highest BCUT2D eigenvalue weighted by Crippen LogP contribution is 2.32. The van der Waals surface area contributed by atoms with Crippen LogP contribution in [0.15, 0.2) is 30.3 Å². The average molecular weight is 630 g/mol. The third-order valence-corrected chi connectivity index (χ3v) is 8.05. The summed E-state index contributed by atoms with van der Waals surface area (Å²) in [6.07, 6.45) is -4.03. The lowest BCUT2D eigenvalue weighted by molar-refractivity contribution is -0.139. The fraction of sp³-hybridized carbons (Fsp3) is 0.483. The van der Waals surface area contributed by atoms with E-state index in [1.54, 1.807) is 17.9 Å². The molecule has 3 amide bonds. The SMILES string of the molecule is CC(=O)N1CCC[C@@H]1C(=O)NCc1ccc(C(=O)Nc2ccc(Cl)cc2N2CCN(CCC(F)(F)F)[C@@H](C)C2)c(F)c1F. The van der Waals surface area contributed by atoms with Crippen LogP contribution in [0.2, 0.25) is 5.02 Å². The standard InChI is InChI=1S/C29H33ClF5N5O3/c1-17-16-39(13-12-38(17)11-9-29(33,34)35)24-14-20(30)6-8-22(24)37-27(42)21-7-5-19(25(31)26(21)32)15-36-28(43)23-4-3-10-40(23)18(2)41/h5-8,14,17,23H,3-4,9-13,15-16H2,1-2H3,(H,36,43)(H,37,42)/t17-,23+/m0/s1. The van der Waals surface area contributed by atoms with Crippen molar-refractivity contribution in [2.24, 2.45) is 0 Å². The molecular weight excluding hydrogens is 597 g/mol. The number of anilines is 2. The van der Waals surface area contributed by atoms with Crippen molar-refractivity contribution in [3.63, 3.8) is 0 Å². The molecule has 0 radical (unpaired) electrons. The molecule has 2 N–H and O–H groups in total. The molecule has 2 heterocycles. The van der Waals surface area contributed by atoms with Gasteiger partial charge in [0, 0.05) is 62.8 Å². The number of alkyl halides is 3. The molecule has 2 saturated heterocycles. The third kappa shape index (κ3) is 7.94. The highest BCUT2D eigenvalue weighted by molar-refractivity contribution is 6.31. The molecule has 2 aliphatic heterocycles. The molecule has 2 fully saturated rings. The molecule has 0 unspecified atom stereocenters. The second kappa shape index (κ2) is 13.5. The highest BCUT2D eigenvalue weighted by atomic mass is 35.5. The minimum Gasteiger partial charge on any atom is -0.367 e. The molecule has 43 heavy (non-hydrogen) atoms. The normalized spacial score (nSPS) is 19.4. The predicted octanol–water partition coefficient (Wildman–Crippen LogP) is 4.96. The summed E-state index contributed by atoms with van der Waals surface area (Å²) >= 11 is 6.20. The van der Waals surface area contributed by atoms with E-state index in [9.17, 15) is 31.9 Å². The van der Waals surface area contributed by atoms with Crippen molar-refractivity contribution < 1.29 is 36.3 Å². The molecular formula is C29H33ClF5N5O3. The molecule has 2 aliphatic rings. The number of hydrogen-bond donors (Lipinski definition) is 2. The van der Waals surface area contributed by atoms with Crippen molar-refractivity contribution in [1.82, 2.24) is 15.1 Å². The Hall–Kier alpha value is -3.45. The van der Waals surface area contributed by atoms with Gasteiger partial charge in [-0.3, -0.25) is 19.3 Å². The van der Waals surface area contributed by atoms with E-state index in [2.05, 4.69) is 10.6 Å². The molecule has 0 spiro atoms. The van der Waals surface area contributed by atoms with E-state index in [4.69, 9.17) is 11.6 Å².